The summed E-state index contributed by atoms with van der Waals surface area (Å²) in [7, 11) is 5.38. The lowest BCUT2D eigenvalue weighted by Crippen LogP contribution is -2.32. The topological polar surface area (TPSA) is 91.4 Å². The number of nitrogens with one attached hydrogen (secondary N) is 3. The van der Waals surface area contributed by atoms with Crippen LogP contribution in [0.2, 0.25) is 5.02 Å². The number of hydrogen-bond donors (Lipinski definition) is 3. The lowest BCUT2D eigenvalue weighted by Gasteiger charge is -2.13. The molecular weight excluding hydrogens is 344 g/mol. The van der Waals surface area contributed by atoms with Crippen molar-refractivity contribution in [2.75, 3.05) is 49.8 Å². The second-order valence-electron chi connectivity index (χ2n) is 5.35. The Kier molecular flexibility index (Phi) is 6.64. The van der Waals surface area contributed by atoms with Gasteiger partial charge in [0.2, 0.25) is 0 Å². The van der Waals surface area contributed by atoms with Crippen molar-refractivity contribution >= 4 is 34.8 Å². The first-order valence-corrected chi connectivity index (χ1v) is 7.99. The number of benzene rings is 1. The summed E-state index contributed by atoms with van der Waals surface area (Å²) in [6.07, 6.45) is 1.68. The summed E-state index contributed by atoms with van der Waals surface area (Å²) < 4.78 is 5.18. The Balaban J connectivity index is 1.79. The summed E-state index contributed by atoms with van der Waals surface area (Å²) in [5.74, 6) is 1.18. The highest BCUT2D eigenvalue weighted by Crippen LogP contribution is 2.27. The summed E-state index contributed by atoms with van der Waals surface area (Å²) in [4.78, 5) is 13.9. The molecule has 0 saturated heterocycles. The van der Waals surface area contributed by atoms with Gasteiger partial charge in [-0.2, -0.15) is 5.10 Å². The van der Waals surface area contributed by atoms with E-state index >= 15 is 0 Å². The highest BCUT2D eigenvalue weighted by atomic mass is 35.5. The van der Waals surface area contributed by atoms with Gasteiger partial charge in [-0.15, -0.1) is 5.10 Å². The number of nitrogens with zero attached hydrogens (tertiary/aromatic N) is 3. The first-order chi connectivity index (χ1) is 12.0. The minimum atomic E-state index is -0.351. The zero-order chi connectivity index (χ0) is 18.2. The molecule has 1 aromatic heterocycles. The molecule has 8 nitrogen and oxygen atoms in total. The standard InChI is InChI=1S/C16H21ClN6O2/c1-23(2)12-9-15(22-20-10-12)18-6-7-19-16(24)21-13-8-11(17)4-5-14(13)25-3/h4-5,8-10H,6-7H2,1-3H3,(H,18,22)(H2,19,21,24). The number of hydrogen-bond acceptors (Lipinski definition) is 6. The monoisotopic (exact) mass is 364 g/mol. The Morgan fingerprint density at radius 1 is 1.28 bits per heavy atom. The molecule has 9 heteroatoms. The number of urea groups is 1. The van der Waals surface area contributed by atoms with Crippen LogP contribution in [0.1, 0.15) is 0 Å². The van der Waals surface area contributed by atoms with Gasteiger partial charge in [-0.25, -0.2) is 4.79 Å². The Labute approximate surface area is 151 Å². The Bertz CT molecular complexity index is 726. The summed E-state index contributed by atoms with van der Waals surface area (Å²) in [6, 6.07) is 6.53. The first-order valence-electron chi connectivity index (χ1n) is 7.62. The van der Waals surface area contributed by atoms with Gasteiger partial charge >= 0.3 is 6.03 Å². The van der Waals surface area contributed by atoms with Crippen molar-refractivity contribution < 1.29 is 9.53 Å². The van der Waals surface area contributed by atoms with Gasteiger partial charge < -0.3 is 25.6 Å². The number of halogens is 1. The molecule has 1 heterocycles. The molecule has 25 heavy (non-hydrogen) atoms. The van der Waals surface area contributed by atoms with Crippen LogP contribution in [-0.4, -0.2) is 50.5 Å². The average Bonchev–Trinajstić information content (AvgIpc) is 2.59. The maximum Gasteiger partial charge on any atom is 0.319 e. The quantitative estimate of drug-likeness (QED) is 0.654. The largest absolute Gasteiger partial charge is 0.495 e. The van der Waals surface area contributed by atoms with Crippen LogP contribution in [-0.2, 0) is 0 Å². The maximum atomic E-state index is 12.0. The molecule has 3 N–H and O–H groups in total. The molecular formula is C16H21ClN6O2. The van der Waals surface area contributed by atoms with E-state index in [0.717, 1.165) is 5.69 Å². The smallest absolute Gasteiger partial charge is 0.319 e. The molecule has 0 aliphatic rings. The van der Waals surface area contributed by atoms with Crippen LogP contribution < -0.4 is 25.6 Å². The van der Waals surface area contributed by atoms with Crippen LogP contribution in [0.15, 0.2) is 30.5 Å². The highest BCUT2D eigenvalue weighted by Gasteiger charge is 2.08. The molecule has 0 spiro atoms. The summed E-state index contributed by atoms with van der Waals surface area (Å²) in [5, 5.41) is 17.0. The third-order valence-corrected chi connectivity index (χ3v) is 3.52. The lowest BCUT2D eigenvalue weighted by atomic mass is 10.3. The number of carbonyl (C=O) groups is 1. The molecule has 0 aliphatic heterocycles. The molecule has 0 bridgehead atoms. The molecule has 0 radical (unpaired) electrons. The van der Waals surface area contributed by atoms with Gasteiger partial charge in [0.1, 0.15) is 5.75 Å². The van der Waals surface area contributed by atoms with Crippen LogP contribution >= 0.6 is 11.6 Å². The third-order valence-electron chi connectivity index (χ3n) is 3.28. The van der Waals surface area contributed by atoms with E-state index in [9.17, 15) is 4.79 Å². The van der Waals surface area contributed by atoms with Gasteiger partial charge in [-0.05, 0) is 18.2 Å². The molecule has 0 unspecified atom stereocenters. The van der Waals surface area contributed by atoms with Crippen LogP contribution in [0.25, 0.3) is 0 Å². The number of anilines is 3. The second-order valence-corrected chi connectivity index (χ2v) is 5.78. The molecule has 0 aliphatic carbocycles. The first kappa shape index (κ1) is 18.6. The molecule has 134 valence electrons. The van der Waals surface area contributed by atoms with Gasteiger partial charge in [-0.1, -0.05) is 11.6 Å². The second kappa shape index (κ2) is 8.93. The fourth-order valence-electron chi connectivity index (χ4n) is 2.00. The van der Waals surface area contributed by atoms with Crippen molar-refractivity contribution in [2.24, 2.45) is 0 Å². The summed E-state index contributed by atoms with van der Waals surface area (Å²) in [6.45, 7) is 0.911. The fraction of sp³-hybridized carbons (Fsp3) is 0.312. The van der Waals surface area contributed by atoms with Crippen molar-refractivity contribution in [3.8, 4) is 5.75 Å². The predicted octanol–water partition coefficient (Wildman–Crippen LogP) is 2.44. The molecule has 0 fully saturated rings. The van der Waals surface area contributed by atoms with Gasteiger partial charge in [0, 0.05) is 38.3 Å². The van der Waals surface area contributed by atoms with Crippen LogP contribution in [0.5, 0.6) is 5.75 Å². The highest BCUT2D eigenvalue weighted by molar-refractivity contribution is 6.31. The van der Waals surface area contributed by atoms with Gasteiger partial charge in [0.15, 0.2) is 5.82 Å². The Morgan fingerprint density at radius 2 is 2.08 bits per heavy atom. The van der Waals surface area contributed by atoms with E-state index < -0.39 is 0 Å². The Hall–Kier alpha value is -2.74. The number of aromatic nitrogens is 2. The molecule has 2 amide bonds. The Morgan fingerprint density at radius 3 is 2.80 bits per heavy atom. The third kappa shape index (κ3) is 5.68. The van der Waals surface area contributed by atoms with Gasteiger partial charge in [0.05, 0.1) is 24.7 Å². The summed E-state index contributed by atoms with van der Waals surface area (Å²) in [5.41, 5.74) is 1.45. The van der Waals surface area contributed by atoms with E-state index in [0.29, 0.717) is 35.4 Å². The van der Waals surface area contributed by atoms with E-state index in [-0.39, 0.29) is 6.03 Å². The zero-order valence-electron chi connectivity index (χ0n) is 14.3. The average molecular weight is 365 g/mol. The number of rotatable bonds is 7. The predicted molar refractivity (Wildman–Crippen MR) is 99.9 cm³/mol. The van der Waals surface area contributed by atoms with Gasteiger partial charge in [0.25, 0.3) is 0 Å². The number of carbonyl (C=O) groups excluding carboxylic acids is 1. The molecule has 2 aromatic rings. The van der Waals surface area contributed by atoms with Crippen LogP contribution in [0.4, 0.5) is 22.0 Å². The van der Waals surface area contributed by atoms with Crippen molar-refractivity contribution in [2.45, 2.75) is 0 Å². The zero-order valence-corrected chi connectivity index (χ0v) is 15.1. The lowest BCUT2D eigenvalue weighted by molar-refractivity contribution is 0.252. The minimum absolute atomic E-state index is 0.351. The van der Waals surface area contributed by atoms with Crippen molar-refractivity contribution in [1.29, 1.82) is 0 Å². The summed E-state index contributed by atoms with van der Waals surface area (Å²) >= 11 is 5.93. The molecule has 0 atom stereocenters. The minimum Gasteiger partial charge on any atom is -0.495 e. The van der Waals surface area contributed by atoms with E-state index in [1.807, 2.05) is 25.1 Å². The number of ether oxygens (including phenoxy) is 1. The van der Waals surface area contributed by atoms with Crippen LogP contribution in [0, 0.1) is 0 Å². The van der Waals surface area contributed by atoms with Gasteiger partial charge in [-0.3, -0.25) is 0 Å². The molecule has 2 rings (SSSR count). The van der Waals surface area contributed by atoms with E-state index in [2.05, 4.69) is 26.1 Å². The van der Waals surface area contributed by atoms with E-state index in [1.165, 1.54) is 7.11 Å². The van der Waals surface area contributed by atoms with Crippen LogP contribution in [0.3, 0.4) is 0 Å². The maximum absolute atomic E-state index is 12.0. The molecule has 1 aromatic carbocycles. The molecule has 0 saturated carbocycles. The number of amides is 2. The van der Waals surface area contributed by atoms with Crippen molar-refractivity contribution in [3.05, 3.63) is 35.5 Å². The number of methoxy groups -OCH3 is 1. The fourth-order valence-corrected chi connectivity index (χ4v) is 2.17. The van der Waals surface area contributed by atoms with Crippen molar-refractivity contribution in [3.63, 3.8) is 0 Å². The van der Waals surface area contributed by atoms with E-state index in [4.69, 9.17) is 16.3 Å². The van der Waals surface area contributed by atoms with Crippen molar-refractivity contribution in [1.82, 2.24) is 15.5 Å². The normalized spacial score (nSPS) is 10.1. The van der Waals surface area contributed by atoms with E-state index in [1.54, 1.807) is 24.4 Å². The SMILES string of the molecule is COc1ccc(Cl)cc1NC(=O)NCCNc1cc(N(C)C)cnn1.